The van der Waals surface area contributed by atoms with Gasteiger partial charge in [0.25, 0.3) is 0 Å². The zero-order valence-electron chi connectivity index (χ0n) is 16.6. The van der Waals surface area contributed by atoms with Crippen LogP contribution in [0.3, 0.4) is 0 Å². The predicted octanol–water partition coefficient (Wildman–Crippen LogP) is 5.68. The van der Waals surface area contributed by atoms with Crippen LogP contribution in [0.1, 0.15) is 37.8 Å². The van der Waals surface area contributed by atoms with Gasteiger partial charge in [-0.2, -0.15) is 5.10 Å². The number of hydrogen-bond donors (Lipinski definition) is 2. The molecule has 28 heavy (non-hydrogen) atoms. The molecule has 0 amide bonds. The molecule has 144 valence electrons. The second kappa shape index (κ2) is 8.85. The molecule has 0 spiro atoms. The highest BCUT2D eigenvalue weighted by Gasteiger charge is 2.03. The number of thiocarbonyl (C=S) groups is 1. The summed E-state index contributed by atoms with van der Waals surface area (Å²) in [4.78, 5) is 0. The molecule has 0 aliphatic rings. The van der Waals surface area contributed by atoms with Gasteiger partial charge in [0.1, 0.15) is 5.75 Å². The van der Waals surface area contributed by atoms with E-state index in [1.807, 2.05) is 43.3 Å². The molecule has 0 fully saturated rings. The lowest BCUT2D eigenvalue weighted by atomic mass is 10.0. The first-order valence-corrected chi connectivity index (χ1v) is 9.66. The number of ether oxygens (including phenoxy) is 1. The first-order chi connectivity index (χ1) is 13.5. The minimum Gasteiger partial charge on any atom is -0.497 e. The molecule has 0 aliphatic heterocycles. The van der Waals surface area contributed by atoms with Crippen molar-refractivity contribution in [1.82, 2.24) is 5.43 Å². The van der Waals surface area contributed by atoms with Crippen LogP contribution in [0.2, 0.25) is 0 Å². The van der Waals surface area contributed by atoms with E-state index in [0.29, 0.717) is 11.0 Å². The van der Waals surface area contributed by atoms with Crippen LogP contribution in [0.25, 0.3) is 10.8 Å². The van der Waals surface area contributed by atoms with E-state index in [4.69, 9.17) is 17.0 Å². The third kappa shape index (κ3) is 4.87. The average molecular weight is 392 g/mol. The van der Waals surface area contributed by atoms with Crippen molar-refractivity contribution in [2.45, 2.75) is 26.7 Å². The standard InChI is InChI=1S/C23H25N3OS/c1-15(2)17-7-10-21(11-8-17)24-23(28)26-25-16(3)18-5-6-20-14-22(27-4)12-9-19(20)13-18/h5-15H,1-4H3,(H2,24,26,28)/b25-16-. The van der Waals surface area contributed by atoms with E-state index < -0.39 is 0 Å². The SMILES string of the molecule is COc1ccc2cc(/C(C)=N\NC(=S)Nc3ccc(C(C)C)cc3)ccc2c1. The third-order valence-corrected chi connectivity index (χ3v) is 4.82. The maximum absolute atomic E-state index is 5.35. The highest BCUT2D eigenvalue weighted by atomic mass is 32.1. The van der Waals surface area contributed by atoms with E-state index in [2.05, 4.69) is 54.0 Å². The second-order valence-corrected chi connectivity index (χ2v) is 7.38. The monoisotopic (exact) mass is 391 g/mol. The van der Waals surface area contributed by atoms with Gasteiger partial charge in [0, 0.05) is 5.69 Å². The largest absolute Gasteiger partial charge is 0.497 e. The summed E-state index contributed by atoms with van der Waals surface area (Å²) in [7, 11) is 1.67. The van der Waals surface area contributed by atoms with E-state index in [1.54, 1.807) is 7.11 Å². The second-order valence-electron chi connectivity index (χ2n) is 6.97. The molecule has 0 unspecified atom stereocenters. The van der Waals surface area contributed by atoms with Gasteiger partial charge in [-0.15, -0.1) is 0 Å². The summed E-state index contributed by atoms with van der Waals surface area (Å²) in [6.45, 7) is 6.31. The molecule has 5 heteroatoms. The summed E-state index contributed by atoms with van der Waals surface area (Å²) in [5.74, 6) is 1.36. The van der Waals surface area contributed by atoms with Crippen LogP contribution >= 0.6 is 12.2 Å². The Balaban J connectivity index is 1.66. The smallest absolute Gasteiger partial charge is 0.191 e. The van der Waals surface area contributed by atoms with Gasteiger partial charge in [0.2, 0.25) is 0 Å². The van der Waals surface area contributed by atoms with Crippen LogP contribution < -0.4 is 15.5 Å². The Morgan fingerprint density at radius 1 is 0.964 bits per heavy atom. The van der Waals surface area contributed by atoms with Crippen molar-refractivity contribution < 1.29 is 4.74 Å². The summed E-state index contributed by atoms with van der Waals surface area (Å²) in [6, 6.07) is 20.5. The molecule has 3 rings (SSSR count). The fourth-order valence-corrected chi connectivity index (χ4v) is 3.05. The number of rotatable bonds is 5. The van der Waals surface area contributed by atoms with Crippen molar-refractivity contribution in [3.63, 3.8) is 0 Å². The molecule has 0 bridgehead atoms. The Morgan fingerprint density at radius 3 is 2.32 bits per heavy atom. The highest BCUT2D eigenvalue weighted by molar-refractivity contribution is 7.80. The van der Waals surface area contributed by atoms with Crippen molar-refractivity contribution in [3.8, 4) is 5.75 Å². The zero-order valence-corrected chi connectivity index (χ0v) is 17.4. The molecule has 0 radical (unpaired) electrons. The highest BCUT2D eigenvalue weighted by Crippen LogP contribution is 2.22. The van der Waals surface area contributed by atoms with Crippen molar-refractivity contribution in [3.05, 3.63) is 71.8 Å². The van der Waals surface area contributed by atoms with E-state index in [-0.39, 0.29) is 0 Å². The van der Waals surface area contributed by atoms with E-state index in [0.717, 1.165) is 33.5 Å². The topological polar surface area (TPSA) is 45.6 Å². The molecular formula is C23H25N3OS. The Kier molecular flexibility index (Phi) is 6.26. The average Bonchev–Trinajstić information content (AvgIpc) is 2.71. The Morgan fingerprint density at radius 2 is 1.64 bits per heavy atom. The van der Waals surface area contributed by atoms with Gasteiger partial charge in [0.05, 0.1) is 12.8 Å². The van der Waals surface area contributed by atoms with Crippen LogP contribution in [-0.2, 0) is 0 Å². The zero-order chi connectivity index (χ0) is 20.1. The lowest BCUT2D eigenvalue weighted by Gasteiger charge is -2.10. The predicted molar refractivity (Wildman–Crippen MR) is 123 cm³/mol. The van der Waals surface area contributed by atoms with Crippen LogP contribution in [0.15, 0.2) is 65.8 Å². The summed E-state index contributed by atoms with van der Waals surface area (Å²) in [5.41, 5.74) is 7.05. The Bertz CT molecular complexity index is 1010. The molecule has 4 nitrogen and oxygen atoms in total. The van der Waals surface area contributed by atoms with Gasteiger partial charge in [0.15, 0.2) is 5.11 Å². The van der Waals surface area contributed by atoms with Gasteiger partial charge >= 0.3 is 0 Å². The minimum atomic E-state index is 0.460. The quantitative estimate of drug-likeness (QED) is 0.334. The first kappa shape index (κ1) is 19.8. The fourth-order valence-electron chi connectivity index (χ4n) is 2.89. The molecule has 3 aromatic carbocycles. The molecule has 0 atom stereocenters. The van der Waals surface area contributed by atoms with Gasteiger partial charge in [-0.25, -0.2) is 0 Å². The summed E-state index contributed by atoms with van der Waals surface area (Å²) in [5, 5.41) is 10.3. The van der Waals surface area contributed by atoms with Gasteiger partial charge in [-0.1, -0.05) is 44.2 Å². The summed E-state index contributed by atoms with van der Waals surface area (Å²) in [6.07, 6.45) is 0. The van der Waals surface area contributed by atoms with Crippen LogP contribution in [0, 0.1) is 0 Å². The molecule has 0 aromatic heterocycles. The Labute approximate surface area is 171 Å². The lowest BCUT2D eigenvalue weighted by Crippen LogP contribution is -2.24. The summed E-state index contributed by atoms with van der Waals surface area (Å²) < 4.78 is 5.28. The van der Waals surface area contributed by atoms with Crippen molar-refractivity contribution in [2.75, 3.05) is 12.4 Å². The van der Waals surface area contributed by atoms with Crippen LogP contribution in [-0.4, -0.2) is 17.9 Å². The van der Waals surface area contributed by atoms with Gasteiger partial charge in [-0.05, 0) is 77.3 Å². The minimum absolute atomic E-state index is 0.460. The molecule has 2 N–H and O–H groups in total. The number of hydrogen-bond acceptors (Lipinski definition) is 3. The van der Waals surface area contributed by atoms with E-state index in [1.165, 1.54) is 5.56 Å². The first-order valence-electron chi connectivity index (χ1n) is 9.25. The third-order valence-electron chi connectivity index (χ3n) is 4.63. The number of nitrogens with zero attached hydrogens (tertiary/aromatic N) is 1. The van der Waals surface area contributed by atoms with E-state index in [9.17, 15) is 0 Å². The van der Waals surface area contributed by atoms with Gasteiger partial charge < -0.3 is 10.1 Å². The molecule has 0 saturated carbocycles. The normalized spacial score (nSPS) is 11.5. The van der Waals surface area contributed by atoms with Gasteiger partial charge in [-0.3, -0.25) is 5.43 Å². The maximum Gasteiger partial charge on any atom is 0.191 e. The number of hydrazone groups is 1. The molecule has 0 saturated heterocycles. The van der Waals surface area contributed by atoms with Crippen LogP contribution in [0.5, 0.6) is 5.75 Å². The lowest BCUT2D eigenvalue weighted by molar-refractivity contribution is 0.415. The maximum atomic E-state index is 5.35. The Hall–Kier alpha value is -2.92. The number of anilines is 1. The summed E-state index contributed by atoms with van der Waals surface area (Å²) >= 11 is 5.35. The van der Waals surface area contributed by atoms with Crippen molar-refractivity contribution in [1.29, 1.82) is 0 Å². The number of methoxy groups -OCH3 is 1. The molecule has 0 aliphatic carbocycles. The fraction of sp³-hybridized carbons (Fsp3) is 0.217. The van der Waals surface area contributed by atoms with Crippen molar-refractivity contribution in [2.24, 2.45) is 5.10 Å². The number of fused-ring (bicyclic) bond motifs is 1. The molecule has 3 aromatic rings. The van der Waals surface area contributed by atoms with E-state index >= 15 is 0 Å². The molecule has 0 heterocycles. The van der Waals surface area contributed by atoms with Crippen LogP contribution in [0.4, 0.5) is 5.69 Å². The van der Waals surface area contributed by atoms with Crippen molar-refractivity contribution >= 4 is 39.5 Å². The number of benzene rings is 3. The number of nitrogens with one attached hydrogen (secondary N) is 2. The molecular weight excluding hydrogens is 366 g/mol.